The molecule has 0 spiro atoms. The SMILES string of the molecule is COc1cc(N2C(=O)[C@@H](NC(=O)c3ccc(C)cc3)[C@H](c3c(F)cc(OC)cc3P)[C@H]2C)nc(N2C[C@@H]3C[C@@]2(C)CN3C)c1. The lowest BCUT2D eigenvalue weighted by Crippen LogP contribution is -2.52. The molecule has 0 radical (unpaired) electrons. The second-order valence-corrected chi connectivity index (χ2v) is 13.1. The van der Waals surface area contributed by atoms with Crippen LogP contribution in [0.3, 0.4) is 0 Å². The van der Waals surface area contributed by atoms with Crippen molar-refractivity contribution in [3.8, 4) is 11.5 Å². The standard InChI is InChI=1S/C33H39FN5O4P/c1-18-7-9-20(10-8-18)31(40)36-30-28(29-24(34)11-22(42-5)12-25(29)44)19(2)39(32(30)41)27-14-23(43-6)13-26(35-27)38-16-21-15-33(38,3)17-37(21)4/h7-14,19,21,28,30H,15-17,44H2,1-6H3,(H,36,40)/t19-,21+,28+,30+,33+/m1/s1. The number of amides is 2. The van der Waals surface area contributed by atoms with Crippen molar-refractivity contribution in [2.45, 2.75) is 56.8 Å². The average Bonchev–Trinajstić information content (AvgIpc) is 3.57. The van der Waals surface area contributed by atoms with Gasteiger partial charge in [-0.1, -0.05) is 17.7 Å². The smallest absolute Gasteiger partial charge is 0.251 e. The summed E-state index contributed by atoms with van der Waals surface area (Å²) in [5, 5.41) is 3.49. The maximum absolute atomic E-state index is 15.8. The van der Waals surface area contributed by atoms with Gasteiger partial charge in [-0.2, -0.15) is 0 Å². The molecule has 3 fully saturated rings. The number of halogens is 1. The number of aryl methyl sites for hydroxylation is 1. The molecule has 1 aromatic heterocycles. The molecule has 6 rings (SSSR count). The van der Waals surface area contributed by atoms with E-state index in [1.54, 1.807) is 36.3 Å². The fourth-order valence-electron chi connectivity index (χ4n) is 7.29. The van der Waals surface area contributed by atoms with E-state index in [1.165, 1.54) is 13.2 Å². The number of piperazine rings is 1. The molecule has 3 saturated heterocycles. The van der Waals surface area contributed by atoms with Crippen molar-refractivity contribution in [3.05, 3.63) is 71.0 Å². The van der Waals surface area contributed by atoms with Crippen molar-refractivity contribution in [1.29, 1.82) is 0 Å². The van der Waals surface area contributed by atoms with E-state index in [-0.39, 0.29) is 11.4 Å². The highest BCUT2D eigenvalue weighted by Gasteiger charge is 2.52. The van der Waals surface area contributed by atoms with E-state index in [4.69, 9.17) is 14.5 Å². The minimum atomic E-state index is -1.05. The third-order valence-corrected chi connectivity index (χ3v) is 10.0. The van der Waals surface area contributed by atoms with Crippen molar-refractivity contribution in [3.63, 3.8) is 0 Å². The van der Waals surface area contributed by atoms with Gasteiger partial charge in [0.15, 0.2) is 0 Å². The normalized spacial score (nSPS) is 26.4. The average molecular weight is 620 g/mol. The Kier molecular flexibility index (Phi) is 7.79. The predicted octanol–water partition coefficient (Wildman–Crippen LogP) is 3.65. The summed E-state index contributed by atoms with van der Waals surface area (Å²) in [7, 11) is 7.77. The summed E-state index contributed by atoms with van der Waals surface area (Å²) in [5.41, 5.74) is 1.66. The molecule has 2 bridgehead atoms. The zero-order valence-electron chi connectivity index (χ0n) is 25.9. The third-order valence-electron chi connectivity index (χ3n) is 9.56. The Labute approximate surface area is 259 Å². The lowest BCUT2D eigenvalue weighted by atomic mass is 9.88. The summed E-state index contributed by atoms with van der Waals surface area (Å²) in [6.07, 6.45) is 1.03. The molecule has 9 nitrogen and oxygen atoms in total. The molecule has 4 heterocycles. The first kappa shape index (κ1) is 30.3. The van der Waals surface area contributed by atoms with E-state index in [0.29, 0.717) is 39.8 Å². The number of likely N-dealkylation sites (N-methyl/N-ethyl adjacent to an activating group) is 1. The summed E-state index contributed by atoms with van der Waals surface area (Å²) in [6.45, 7) is 7.77. The maximum atomic E-state index is 15.8. The minimum Gasteiger partial charge on any atom is -0.497 e. The molecule has 232 valence electrons. The Morgan fingerprint density at radius 3 is 2.34 bits per heavy atom. The largest absolute Gasteiger partial charge is 0.497 e. The molecule has 44 heavy (non-hydrogen) atoms. The lowest BCUT2D eigenvalue weighted by molar-refractivity contribution is -0.118. The Balaban J connectivity index is 1.42. The van der Waals surface area contributed by atoms with Crippen LogP contribution in [-0.2, 0) is 4.79 Å². The zero-order chi connectivity index (χ0) is 31.5. The maximum Gasteiger partial charge on any atom is 0.251 e. The summed E-state index contributed by atoms with van der Waals surface area (Å²) in [6, 6.07) is 12.6. The van der Waals surface area contributed by atoms with Gasteiger partial charge in [-0.25, -0.2) is 9.37 Å². The van der Waals surface area contributed by atoms with E-state index >= 15 is 4.39 Å². The van der Waals surface area contributed by atoms with Crippen LogP contribution in [0.5, 0.6) is 11.5 Å². The van der Waals surface area contributed by atoms with Crippen molar-refractivity contribution in [2.75, 3.05) is 44.2 Å². The van der Waals surface area contributed by atoms with Gasteiger partial charge in [0.25, 0.3) is 11.8 Å². The number of nitrogens with zero attached hydrogens (tertiary/aromatic N) is 4. The highest BCUT2D eigenvalue weighted by Crippen LogP contribution is 2.44. The number of aromatic nitrogens is 1. The van der Waals surface area contributed by atoms with Crippen molar-refractivity contribution in [2.24, 2.45) is 0 Å². The molecule has 3 aliphatic heterocycles. The van der Waals surface area contributed by atoms with Gasteiger partial charge in [0.1, 0.15) is 35.0 Å². The number of methoxy groups -OCH3 is 2. The number of pyridine rings is 1. The molecular weight excluding hydrogens is 580 g/mol. The van der Waals surface area contributed by atoms with Gasteiger partial charge >= 0.3 is 0 Å². The molecule has 6 atom stereocenters. The Morgan fingerprint density at radius 1 is 1.09 bits per heavy atom. The minimum absolute atomic E-state index is 0.0929. The number of nitrogens with one attached hydrogen (secondary N) is 1. The summed E-state index contributed by atoms with van der Waals surface area (Å²) in [4.78, 5) is 39.1. The van der Waals surface area contributed by atoms with Crippen LogP contribution in [0.4, 0.5) is 16.0 Å². The van der Waals surface area contributed by atoms with E-state index < -0.39 is 29.7 Å². The second-order valence-electron chi connectivity index (χ2n) is 12.5. The van der Waals surface area contributed by atoms with Crippen LogP contribution in [-0.4, -0.2) is 79.7 Å². The monoisotopic (exact) mass is 619 g/mol. The van der Waals surface area contributed by atoms with E-state index in [1.807, 2.05) is 32.0 Å². The van der Waals surface area contributed by atoms with Crippen LogP contribution in [0.15, 0.2) is 48.5 Å². The molecule has 1 N–H and O–H groups in total. The fraction of sp³-hybridized carbons (Fsp3) is 0.424. The number of fused-ring (bicyclic) bond motifs is 2. The van der Waals surface area contributed by atoms with Crippen LogP contribution >= 0.6 is 9.24 Å². The Hall–Kier alpha value is -3.75. The van der Waals surface area contributed by atoms with Gasteiger partial charge in [0, 0.05) is 60.4 Å². The van der Waals surface area contributed by atoms with Crippen LogP contribution in [0, 0.1) is 12.7 Å². The van der Waals surface area contributed by atoms with E-state index in [9.17, 15) is 9.59 Å². The van der Waals surface area contributed by atoms with Crippen LogP contribution in [0.25, 0.3) is 0 Å². The number of carbonyl (C=O) groups is 2. The van der Waals surface area contributed by atoms with Gasteiger partial charge in [-0.15, -0.1) is 9.24 Å². The molecular formula is C33H39FN5O4P. The quantitative estimate of drug-likeness (QED) is 0.404. The number of likely N-dealkylation sites (tertiary alicyclic amines) is 1. The molecule has 2 amide bonds. The Morgan fingerprint density at radius 2 is 1.75 bits per heavy atom. The number of ether oxygens (including phenoxy) is 2. The summed E-state index contributed by atoms with van der Waals surface area (Å²) in [5.74, 6) is 0.0328. The van der Waals surface area contributed by atoms with Gasteiger partial charge in [0.2, 0.25) is 0 Å². The van der Waals surface area contributed by atoms with E-state index in [2.05, 4.69) is 38.3 Å². The number of hydrogen-bond acceptors (Lipinski definition) is 7. The van der Waals surface area contributed by atoms with Crippen LogP contribution < -0.4 is 29.9 Å². The topological polar surface area (TPSA) is 87.2 Å². The summed E-state index contributed by atoms with van der Waals surface area (Å²) < 4.78 is 26.8. The van der Waals surface area contributed by atoms with Crippen molar-refractivity contribution >= 4 is 38.0 Å². The predicted molar refractivity (Wildman–Crippen MR) is 172 cm³/mol. The number of carbonyl (C=O) groups excluding carboxylic acids is 2. The fourth-order valence-corrected chi connectivity index (χ4v) is 7.78. The van der Waals surface area contributed by atoms with Crippen LogP contribution in [0.2, 0.25) is 0 Å². The number of anilines is 2. The Bertz CT molecular complexity index is 1590. The number of hydrogen-bond donors (Lipinski definition) is 1. The van der Waals surface area contributed by atoms with Gasteiger partial charge < -0.3 is 19.7 Å². The van der Waals surface area contributed by atoms with Crippen molar-refractivity contribution in [1.82, 2.24) is 15.2 Å². The first-order valence-electron chi connectivity index (χ1n) is 14.8. The number of benzene rings is 2. The van der Waals surface area contributed by atoms with Gasteiger partial charge in [-0.3, -0.25) is 19.4 Å². The molecule has 0 saturated carbocycles. The first-order valence-corrected chi connectivity index (χ1v) is 15.4. The molecule has 3 aliphatic rings. The lowest BCUT2D eigenvalue weighted by Gasteiger charge is -2.40. The summed E-state index contributed by atoms with van der Waals surface area (Å²) >= 11 is 0. The molecule has 3 aromatic rings. The highest BCUT2D eigenvalue weighted by atomic mass is 31.0. The molecule has 0 aliphatic carbocycles. The number of rotatable bonds is 7. The van der Waals surface area contributed by atoms with E-state index in [0.717, 1.165) is 30.9 Å². The van der Waals surface area contributed by atoms with Gasteiger partial charge in [-0.05, 0) is 57.7 Å². The zero-order valence-corrected chi connectivity index (χ0v) is 27.1. The third kappa shape index (κ3) is 5.08. The molecule has 1 unspecified atom stereocenters. The van der Waals surface area contributed by atoms with Gasteiger partial charge in [0.05, 0.1) is 19.8 Å². The molecule has 11 heteroatoms. The second kappa shape index (κ2) is 11.3. The van der Waals surface area contributed by atoms with Crippen molar-refractivity contribution < 1.29 is 23.5 Å². The first-order chi connectivity index (χ1) is 20.9. The highest BCUT2D eigenvalue weighted by molar-refractivity contribution is 7.27. The molecule has 2 aromatic carbocycles. The van der Waals surface area contributed by atoms with Crippen LogP contribution in [0.1, 0.15) is 47.7 Å².